The number of H-pyrrole nitrogens is 1. The molecule has 7 nitrogen and oxygen atoms in total. The van der Waals surface area contributed by atoms with E-state index in [-0.39, 0.29) is 17.7 Å². The van der Waals surface area contributed by atoms with Crippen molar-refractivity contribution in [1.29, 1.82) is 0 Å². The van der Waals surface area contributed by atoms with Crippen LogP contribution < -0.4 is 4.72 Å². The average Bonchev–Trinajstić information content (AvgIpc) is 2.66. The van der Waals surface area contributed by atoms with Crippen LogP contribution in [0.5, 0.6) is 0 Å². The van der Waals surface area contributed by atoms with Crippen molar-refractivity contribution in [2.45, 2.75) is 51.0 Å². The molecule has 1 aromatic rings. The maximum absolute atomic E-state index is 12.3. The van der Waals surface area contributed by atoms with E-state index < -0.39 is 21.5 Å². The van der Waals surface area contributed by atoms with Gasteiger partial charge >= 0.3 is 5.97 Å². The number of sulfonamides is 1. The molecule has 0 bridgehead atoms. The molecule has 0 spiro atoms. The molecule has 1 heterocycles. The molecule has 0 unspecified atom stereocenters. The Hall–Kier alpha value is -1.41. The molecule has 0 aliphatic rings. The predicted octanol–water partition coefficient (Wildman–Crippen LogP) is 0.948. The zero-order chi connectivity index (χ0) is 14.8. The monoisotopic (exact) mass is 289 g/mol. The molecule has 108 valence electrons. The van der Waals surface area contributed by atoms with Crippen molar-refractivity contribution >= 4 is 16.0 Å². The fourth-order valence-corrected chi connectivity index (χ4v) is 3.86. The van der Waals surface area contributed by atoms with Crippen LogP contribution in [0.25, 0.3) is 0 Å². The summed E-state index contributed by atoms with van der Waals surface area (Å²) in [5.41, 5.74) is -0.789. The summed E-state index contributed by atoms with van der Waals surface area (Å²) in [5, 5.41) is 15.7. The molecule has 8 heteroatoms. The van der Waals surface area contributed by atoms with E-state index in [1.807, 2.05) is 0 Å². The van der Waals surface area contributed by atoms with Gasteiger partial charge in [0, 0.05) is 0 Å². The second-order valence-corrected chi connectivity index (χ2v) is 6.08. The third kappa shape index (κ3) is 2.79. The van der Waals surface area contributed by atoms with Crippen molar-refractivity contribution in [2.75, 3.05) is 0 Å². The summed E-state index contributed by atoms with van der Waals surface area (Å²) in [5.74, 6) is -1.18. The van der Waals surface area contributed by atoms with E-state index in [9.17, 15) is 18.3 Å². The van der Waals surface area contributed by atoms with Gasteiger partial charge in [0.2, 0.25) is 10.0 Å². The van der Waals surface area contributed by atoms with Gasteiger partial charge in [-0.05, 0) is 26.7 Å². The number of aromatic amines is 1. The first-order valence-corrected chi connectivity index (χ1v) is 7.47. The van der Waals surface area contributed by atoms with Gasteiger partial charge in [-0.1, -0.05) is 13.8 Å². The lowest BCUT2D eigenvalue weighted by molar-refractivity contribution is -0.144. The quantitative estimate of drug-likeness (QED) is 0.721. The molecule has 19 heavy (non-hydrogen) atoms. The third-order valence-corrected chi connectivity index (χ3v) is 5.07. The number of rotatable bonds is 6. The Balaban J connectivity index is 3.27. The average molecular weight is 289 g/mol. The van der Waals surface area contributed by atoms with Crippen LogP contribution in [0.3, 0.4) is 0 Å². The number of hydrogen-bond donors (Lipinski definition) is 3. The van der Waals surface area contributed by atoms with Crippen molar-refractivity contribution in [3.05, 3.63) is 11.4 Å². The summed E-state index contributed by atoms with van der Waals surface area (Å²) >= 11 is 0. The lowest BCUT2D eigenvalue weighted by Crippen LogP contribution is -2.53. The smallest absolute Gasteiger partial charge is 0.324 e. The van der Waals surface area contributed by atoms with Crippen LogP contribution in [0, 0.1) is 13.8 Å². The van der Waals surface area contributed by atoms with Crippen molar-refractivity contribution in [3.63, 3.8) is 0 Å². The van der Waals surface area contributed by atoms with E-state index in [4.69, 9.17) is 0 Å². The Labute approximate surface area is 112 Å². The van der Waals surface area contributed by atoms with Gasteiger partial charge < -0.3 is 5.11 Å². The fourth-order valence-electron chi connectivity index (χ4n) is 1.99. The maximum atomic E-state index is 12.3. The number of carboxylic acid groups (broad SMARTS) is 1. The zero-order valence-electron chi connectivity index (χ0n) is 11.4. The Bertz CT molecular complexity index is 553. The summed E-state index contributed by atoms with van der Waals surface area (Å²) in [4.78, 5) is 11.4. The summed E-state index contributed by atoms with van der Waals surface area (Å²) in [7, 11) is -3.93. The summed E-state index contributed by atoms with van der Waals surface area (Å²) < 4.78 is 27.0. The Morgan fingerprint density at radius 3 is 2.21 bits per heavy atom. The van der Waals surface area contributed by atoms with Gasteiger partial charge in [0.05, 0.1) is 11.4 Å². The molecule has 0 fully saturated rings. The second kappa shape index (κ2) is 5.30. The molecular weight excluding hydrogens is 270 g/mol. The fraction of sp³-hybridized carbons (Fsp3) is 0.636. The molecule has 1 rings (SSSR count). The lowest BCUT2D eigenvalue weighted by atomic mass is 9.95. The first-order valence-electron chi connectivity index (χ1n) is 5.99. The first-order chi connectivity index (χ1) is 8.70. The van der Waals surface area contributed by atoms with E-state index in [2.05, 4.69) is 14.9 Å². The number of aryl methyl sites for hydroxylation is 2. The second-order valence-electron chi connectivity index (χ2n) is 4.46. The van der Waals surface area contributed by atoms with Gasteiger partial charge in [0.1, 0.15) is 10.4 Å². The number of hydrogen-bond acceptors (Lipinski definition) is 4. The van der Waals surface area contributed by atoms with Crippen LogP contribution in [0.2, 0.25) is 0 Å². The highest BCUT2D eigenvalue weighted by Crippen LogP contribution is 2.23. The van der Waals surface area contributed by atoms with Gasteiger partial charge in [-0.15, -0.1) is 0 Å². The van der Waals surface area contributed by atoms with Gasteiger partial charge in [-0.25, -0.2) is 8.42 Å². The molecule has 0 saturated heterocycles. The number of carbonyl (C=O) groups is 1. The summed E-state index contributed by atoms with van der Waals surface area (Å²) in [6.07, 6.45) is 0.321. The lowest BCUT2D eigenvalue weighted by Gasteiger charge is -2.27. The van der Waals surface area contributed by atoms with Crippen LogP contribution in [0.1, 0.15) is 38.1 Å². The van der Waals surface area contributed by atoms with E-state index in [1.165, 1.54) is 0 Å². The topological polar surface area (TPSA) is 112 Å². The van der Waals surface area contributed by atoms with E-state index in [0.29, 0.717) is 11.4 Å². The minimum absolute atomic E-state index is 0.0139. The van der Waals surface area contributed by atoms with Crippen LogP contribution in [-0.2, 0) is 14.8 Å². The maximum Gasteiger partial charge on any atom is 0.324 e. The number of carboxylic acids is 1. The van der Waals surface area contributed by atoms with Gasteiger partial charge in [0.15, 0.2) is 0 Å². The van der Waals surface area contributed by atoms with E-state index in [1.54, 1.807) is 27.7 Å². The Morgan fingerprint density at radius 2 is 1.89 bits per heavy atom. The predicted molar refractivity (Wildman–Crippen MR) is 69.3 cm³/mol. The van der Waals surface area contributed by atoms with Crippen molar-refractivity contribution < 1.29 is 18.3 Å². The summed E-state index contributed by atoms with van der Waals surface area (Å²) in [6.45, 7) is 6.40. The number of aliphatic carboxylic acids is 1. The van der Waals surface area contributed by atoms with Crippen LogP contribution in [-0.4, -0.2) is 35.2 Å². The number of nitrogens with zero attached hydrogens (tertiary/aromatic N) is 1. The molecule has 0 amide bonds. The minimum atomic E-state index is -3.93. The highest BCUT2D eigenvalue weighted by molar-refractivity contribution is 7.89. The molecule has 1 aromatic heterocycles. The summed E-state index contributed by atoms with van der Waals surface area (Å²) in [6, 6.07) is 0. The van der Waals surface area contributed by atoms with Gasteiger partial charge in [-0.2, -0.15) is 9.82 Å². The molecule has 0 radical (unpaired) electrons. The largest absolute Gasteiger partial charge is 0.480 e. The first kappa shape index (κ1) is 15.6. The molecule has 0 aromatic carbocycles. The molecule has 0 aliphatic heterocycles. The standard InChI is InChI=1S/C11H19N3O4S/c1-5-11(6-2,10(15)16)14-19(17,18)9-7(3)12-13-8(9)4/h14H,5-6H2,1-4H3,(H,12,13)(H,15,16). The van der Waals surface area contributed by atoms with Gasteiger partial charge in [0.25, 0.3) is 0 Å². The minimum Gasteiger partial charge on any atom is -0.480 e. The normalized spacial score (nSPS) is 12.6. The SMILES string of the molecule is CCC(CC)(NS(=O)(=O)c1c(C)n[nH]c1C)C(=O)O. The van der Waals surface area contributed by atoms with Gasteiger partial charge in [-0.3, -0.25) is 9.89 Å². The Morgan fingerprint density at radius 1 is 1.37 bits per heavy atom. The van der Waals surface area contributed by atoms with Crippen LogP contribution in [0.15, 0.2) is 4.90 Å². The number of aromatic nitrogens is 2. The number of nitrogens with one attached hydrogen (secondary N) is 2. The zero-order valence-corrected chi connectivity index (χ0v) is 12.3. The third-order valence-electron chi connectivity index (χ3n) is 3.28. The molecule has 0 atom stereocenters. The molecule has 0 saturated carbocycles. The molecule has 0 aliphatic carbocycles. The van der Waals surface area contributed by atoms with Crippen molar-refractivity contribution in [1.82, 2.24) is 14.9 Å². The highest BCUT2D eigenvalue weighted by Gasteiger charge is 2.40. The van der Waals surface area contributed by atoms with Crippen LogP contribution in [0.4, 0.5) is 0 Å². The van der Waals surface area contributed by atoms with Crippen molar-refractivity contribution in [2.24, 2.45) is 0 Å². The Kier molecular flexibility index (Phi) is 4.36. The van der Waals surface area contributed by atoms with Crippen LogP contribution >= 0.6 is 0 Å². The van der Waals surface area contributed by atoms with E-state index >= 15 is 0 Å². The molecular formula is C11H19N3O4S. The highest BCUT2D eigenvalue weighted by atomic mass is 32.2. The van der Waals surface area contributed by atoms with Crippen molar-refractivity contribution in [3.8, 4) is 0 Å². The molecule has 3 N–H and O–H groups in total. The van der Waals surface area contributed by atoms with E-state index in [0.717, 1.165) is 0 Å².